The molecule has 0 aliphatic heterocycles. The zero-order valence-corrected chi connectivity index (χ0v) is 14.9. The van der Waals surface area contributed by atoms with Gasteiger partial charge < -0.3 is 16.0 Å². The molecule has 2 amide bonds. The van der Waals surface area contributed by atoms with Crippen LogP contribution in [0, 0.1) is 5.92 Å². The number of amides is 2. The summed E-state index contributed by atoms with van der Waals surface area (Å²) in [5, 5.41) is 9.49. The predicted molar refractivity (Wildman–Crippen MR) is 98.6 cm³/mol. The number of hydrogen-bond donors (Lipinski definition) is 3. The summed E-state index contributed by atoms with van der Waals surface area (Å²) in [4.78, 5) is 16.4. The smallest absolute Gasteiger partial charge is 0.368 e. The number of anilines is 1. The van der Waals surface area contributed by atoms with Crippen LogP contribution in [0.3, 0.4) is 0 Å². The minimum absolute atomic E-state index is 0.0455. The number of carbonyl (C=O) groups is 1. The van der Waals surface area contributed by atoms with Crippen molar-refractivity contribution < 1.29 is 18.0 Å². The standard InChI is InChI=1S/C19H23F3N4O/c20-19(21,22)14-5-3-6-15(12-14)25-18(27)24-11-10-23-17-9-8-13-4-1-2-7-16(13)26-17/h1-2,4,7-9,14-15H,3,5-6,10-12H2,(H,23,26)(H2,24,25,27). The Hall–Kier alpha value is -2.51. The first-order valence-corrected chi connectivity index (χ1v) is 9.12. The Balaban J connectivity index is 1.39. The summed E-state index contributed by atoms with van der Waals surface area (Å²) in [6.07, 6.45) is -3.03. The topological polar surface area (TPSA) is 66.0 Å². The molecule has 1 fully saturated rings. The van der Waals surface area contributed by atoms with E-state index in [0.29, 0.717) is 31.7 Å². The minimum atomic E-state index is -4.19. The molecule has 1 aliphatic rings. The second-order valence-corrected chi connectivity index (χ2v) is 6.82. The number of nitrogens with zero attached hydrogens (tertiary/aromatic N) is 1. The van der Waals surface area contributed by atoms with Crippen LogP contribution in [0.5, 0.6) is 0 Å². The number of nitrogens with one attached hydrogen (secondary N) is 3. The molecule has 1 heterocycles. The number of benzene rings is 1. The Morgan fingerprint density at radius 2 is 1.93 bits per heavy atom. The molecular formula is C19H23F3N4O. The summed E-state index contributed by atoms with van der Waals surface area (Å²) in [5.41, 5.74) is 0.879. The molecule has 3 N–H and O–H groups in total. The monoisotopic (exact) mass is 380 g/mol. The van der Waals surface area contributed by atoms with Crippen LogP contribution >= 0.6 is 0 Å². The van der Waals surface area contributed by atoms with Crippen LogP contribution in [0.2, 0.25) is 0 Å². The van der Waals surface area contributed by atoms with Crippen molar-refractivity contribution in [1.29, 1.82) is 0 Å². The molecule has 1 aromatic carbocycles. The van der Waals surface area contributed by atoms with E-state index in [-0.39, 0.29) is 12.8 Å². The van der Waals surface area contributed by atoms with Gasteiger partial charge in [-0.05, 0) is 37.5 Å². The number of rotatable bonds is 5. The fraction of sp³-hybridized carbons (Fsp3) is 0.474. The van der Waals surface area contributed by atoms with Gasteiger partial charge in [0.2, 0.25) is 0 Å². The zero-order chi connectivity index (χ0) is 19.3. The fourth-order valence-corrected chi connectivity index (χ4v) is 3.39. The molecule has 2 unspecified atom stereocenters. The summed E-state index contributed by atoms with van der Waals surface area (Å²) < 4.78 is 38.5. The Morgan fingerprint density at radius 1 is 1.11 bits per heavy atom. The maximum Gasteiger partial charge on any atom is 0.391 e. The number of para-hydroxylation sites is 1. The van der Waals surface area contributed by atoms with Gasteiger partial charge in [0.05, 0.1) is 11.4 Å². The van der Waals surface area contributed by atoms with Gasteiger partial charge in [0.25, 0.3) is 0 Å². The maximum absolute atomic E-state index is 12.8. The van der Waals surface area contributed by atoms with Crippen molar-refractivity contribution in [3.8, 4) is 0 Å². The van der Waals surface area contributed by atoms with Crippen molar-refractivity contribution in [2.45, 2.75) is 37.9 Å². The van der Waals surface area contributed by atoms with Gasteiger partial charge in [-0.15, -0.1) is 0 Å². The molecule has 5 nitrogen and oxygen atoms in total. The van der Waals surface area contributed by atoms with Crippen LogP contribution in [0.25, 0.3) is 10.9 Å². The third kappa shape index (κ3) is 5.48. The SMILES string of the molecule is O=C(NCCNc1ccc2ccccc2n1)NC1CCCC(C(F)(F)F)C1. The van der Waals surface area contributed by atoms with Crippen LogP contribution in [0.4, 0.5) is 23.8 Å². The second kappa shape index (κ2) is 8.45. The normalized spacial score (nSPS) is 20.3. The number of fused-ring (bicyclic) bond motifs is 1. The largest absolute Gasteiger partial charge is 0.391 e. The lowest BCUT2D eigenvalue weighted by atomic mass is 9.85. The van der Waals surface area contributed by atoms with Gasteiger partial charge in [-0.1, -0.05) is 24.6 Å². The molecule has 0 radical (unpaired) electrons. The van der Waals surface area contributed by atoms with E-state index in [0.717, 1.165) is 10.9 Å². The molecule has 3 rings (SSSR count). The molecule has 0 spiro atoms. The third-order valence-corrected chi connectivity index (χ3v) is 4.79. The molecular weight excluding hydrogens is 357 g/mol. The van der Waals surface area contributed by atoms with E-state index in [1.807, 2.05) is 36.4 Å². The predicted octanol–water partition coefficient (Wildman–Crippen LogP) is 4.07. The molecule has 8 heteroatoms. The van der Waals surface area contributed by atoms with Gasteiger partial charge in [-0.3, -0.25) is 0 Å². The Labute approximate surface area is 155 Å². The van der Waals surface area contributed by atoms with Crippen molar-refractivity contribution in [3.63, 3.8) is 0 Å². The number of carbonyl (C=O) groups excluding carboxylic acids is 1. The molecule has 2 atom stereocenters. The van der Waals surface area contributed by atoms with Crippen LogP contribution in [0.15, 0.2) is 36.4 Å². The molecule has 1 aliphatic carbocycles. The Morgan fingerprint density at radius 3 is 2.74 bits per heavy atom. The molecule has 146 valence electrons. The summed E-state index contributed by atoms with van der Waals surface area (Å²) in [5.74, 6) is -0.617. The van der Waals surface area contributed by atoms with Gasteiger partial charge in [-0.2, -0.15) is 13.2 Å². The first kappa shape index (κ1) is 19.3. The highest BCUT2D eigenvalue weighted by atomic mass is 19.4. The van der Waals surface area contributed by atoms with Crippen molar-refractivity contribution in [3.05, 3.63) is 36.4 Å². The van der Waals surface area contributed by atoms with Crippen LogP contribution < -0.4 is 16.0 Å². The van der Waals surface area contributed by atoms with Crippen molar-refractivity contribution in [1.82, 2.24) is 15.6 Å². The summed E-state index contributed by atoms with van der Waals surface area (Å²) in [7, 11) is 0. The number of aromatic nitrogens is 1. The number of urea groups is 1. The molecule has 1 saturated carbocycles. The van der Waals surface area contributed by atoms with Crippen molar-refractivity contribution >= 4 is 22.8 Å². The van der Waals surface area contributed by atoms with E-state index in [9.17, 15) is 18.0 Å². The maximum atomic E-state index is 12.8. The fourth-order valence-electron chi connectivity index (χ4n) is 3.39. The van der Waals surface area contributed by atoms with Crippen LogP contribution in [-0.2, 0) is 0 Å². The quantitative estimate of drug-likeness (QED) is 0.685. The number of alkyl halides is 3. The van der Waals surface area contributed by atoms with Gasteiger partial charge in [0.1, 0.15) is 5.82 Å². The highest BCUT2D eigenvalue weighted by Gasteiger charge is 2.42. The Kier molecular flexibility index (Phi) is 6.03. The van der Waals surface area contributed by atoms with E-state index >= 15 is 0 Å². The Bertz CT molecular complexity index is 781. The number of hydrogen-bond acceptors (Lipinski definition) is 3. The molecule has 0 saturated heterocycles. The van der Waals surface area contributed by atoms with Gasteiger partial charge in [-0.25, -0.2) is 9.78 Å². The lowest BCUT2D eigenvalue weighted by molar-refractivity contribution is -0.183. The van der Waals surface area contributed by atoms with E-state index in [1.165, 1.54) is 0 Å². The lowest BCUT2D eigenvalue weighted by Gasteiger charge is -2.31. The summed E-state index contributed by atoms with van der Waals surface area (Å²) in [6.45, 7) is 0.810. The van der Waals surface area contributed by atoms with Crippen LogP contribution in [0.1, 0.15) is 25.7 Å². The summed E-state index contributed by atoms with van der Waals surface area (Å²) in [6, 6.07) is 10.7. The molecule has 1 aromatic heterocycles. The highest BCUT2D eigenvalue weighted by Crippen LogP contribution is 2.37. The summed E-state index contributed by atoms with van der Waals surface area (Å²) >= 11 is 0. The van der Waals surface area contributed by atoms with Gasteiger partial charge in [0.15, 0.2) is 0 Å². The molecule has 0 bridgehead atoms. The molecule has 2 aromatic rings. The first-order valence-electron chi connectivity index (χ1n) is 9.12. The van der Waals surface area contributed by atoms with E-state index < -0.39 is 24.2 Å². The number of halogens is 3. The zero-order valence-electron chi connectivity index (χ0n) is 14.9. The van der Waals surface area contributed by atoms with E-state index in [4.69, 9.17) is 0 Å². The van der Waals surface area contributed by atoms with Crippen molar-refractivity contribution in [2.24, 2.45) is 5.92 Å². The lowest BCUT2D eigenvalue weighted by Crippen LogP contribution is -2.46. The minimum Gasteiger partial charge on any atom is -0.368 e. The molecule has 27 heavy (non-hydrogen) atoms. The second-order valence-electron chi connectivity index (χ2n) is 6.82. The van der Waals surface area contributed by atoms with Crippen LogP contribution in [-0.4, -0.2) is 36.3 Å². The average Bonchev–Trinajstić information content (AvgIpc) is 2.65. The third-order valence-electron chi connectivity index (χ3n) is 4.79. The number of pyridine rings is 1. The highest BCUT2D eigenvalue weighted by molar-refractivity contribution is 5.80. The average molecular weight is 380 g/mol. The first-order chi connectivity index (χ1) is 12.9. The van der Waals surface area contributed by atoms with Gasteiger partial charge in [0, 0.05) is 24.5 Å². The van der Waals surface area contributed by atoms with Crippen molar-refractivity contribution in [2.75, 3.05) is 18.4 Å². The van der Waals surface area contributed by atoms with E-state index in [1.54, 1.807) is 0 Å². The van der Waals surface area contributed by atoms with Gasteiger partial charge >= 0.3 is 12.2 Å². The van der Waals surface area contributed by atoms with E-state index in [2.05, 4.69) is 20.9 Å².